The summed E-state index contributed by atoms with van der Waals surface area (Å²) in [5.74, 6) is 0.888. The van der Waals surface area contributed by atoms with Crippen molar-refractivity contribution in [1.82, 2.24) is 10.2 Å². The van der Waals surface area contributed by atoms with Crippen molar-refractivity contribution in [3.63, 3.8) is 0 Å². The monoisotopic (exact) mass is 212 g/mol. The first-order valence-electron chi connectivity index (χ1n) is 6.01. The van der Waals surface area contributed by atoms with Gasteiger partial charge in [0.2, 0.25) is 5.91 Å². The van der Waals surface area contributed by atoms with Crippen LogP contribution in [0.1, 0.15) is 40.0 Å². The van der Waals surface area contributed by atoms with E-state index in [9.17, 15) is 4.79 Å². The summed E-state index contributed by atoms with van der Waals surface area (Å²) in [5, 5.41) is 3.45. The van der Waals surface area contributed by atoms with Crippen molar-refractivity contribution in [2.75, 3.05) is 13.6 Å². The van der Waals surface area contributed by atoms with E-state index in [-0.39, 0.29) is 5.91 Å². The second kappa shape index (κ2) is 5.50. The third-order valence-electron chi connectivity index (χ3n) is 3.49. The average Bonchev–Trinajstić information content (AvgIpc) is 2.20. The Kier molecular flexibility index (Phi) is 4.58. The SMILES string of the molecule is CC1CCCNC1CC(=O)N(C)C(C)C. The van der Waals surface area contributed by atoms with Crippen molar-refractivity contribution in [3.8, 4) is 0 Å². The third kappa shape index (κ3) is 3.49. The zero-order valence-corrected chi connectivity index (χ0v) is 10.4. The van der Waals surface area contributed by atoms with E-state index >= 15 is 0 Å². The first-order valence-corrected chi connectivity index (χ1v) is 6.01. The van der Waals surface area contributed by atoms with Crippen LogP contribution >= 0.6 is 0 Å². The van der Waals surface area contributed by atoms with E-state index in [1.54, 1.807) is 0 Å². The highest BCUT2D eigenvalue weighted by molar-refractivity contribution is 5.76. The standard InChI is InChI=1S/C12H24N2O/c1-9(2)14(4)12(15)8-11-10(3)6-5-7-13-11/h9-11,13H,5-8H2,1-4H3. The summed E-state index contributed by atoms with van der Waals surface area (Å²) < 4.78 is 0. The summed E-state index contributed by atoms with van der Waals surface area (Å²) in [7, 11) is 1.89. The number of hydrogen-bond acceptors (Lipinski definition) is 2. The molecule has 88 valence electrons. The quantitative estimate of drug-likeness (QED) is 0.771. The number of carbonyl (C=O) groups excluding carboxylic acids is 1. The van der Waals surface area contributed by atoms with Crippen LogP contribution in [0, 0.1) is 5.92 Å². The normalized spacial score (nSPS) is 26.7. The highest BCUT2D eigenvalue weighted by atomic mass is 16.2. The molecule has 1 fully saturated rings. The van der Waals surface area contributed by atoms with Crippen molar-refractivity contribution >= 4 is 5.91 Å². The van der Waals surface area contributed by atoms with Crippen LogP contribution in [0.3, 0.4) is 0 Å². The number of hydrogen-bond donors (Lipinski definition) is 1. The minimum atomic E-state index is 0.260. The molecule has 0 spiro atoms. The number of amides is 1. The summed E-state index contributed by atoms with van der Waals surface area (Å²) in [6.45, 7) is 7.40. The second-order valence-corrected chi connectivity index (χ2v) is 4.98. The van der Waals surface area contributed by atoms with E-state index in [1.807, 2.05) is 11.9 Å². The van der Waals surface area contributed by atoms with Gasteiger partial charge in [0.15, 0.2) is 0 Å². The van der Waals surface area contributed by atoms with Crippen molar-refractivity contribution in [3.05, 3.63) is 0 Å². The van der Waals surface area contributed by atoms with Gasteiger partial charge >= 0.3 is 0 Å². The molecule has 0 bridgehead atoms. The van der Waals surface area contributed by atoms with Crippen molar-refractivity contribution in [1.29, 1.82) is 0 Å². The lowest BCUT2D eigenvalue weighted by Crippen LogP contribution is -2.44. The van der Waals surface area contributed by atoms with Gasteiger partial charge in [-0.15, -0.1) is 0 Å². The van der Waals surface area contributed by atoms with Gasteiger partial charge in [0.1, 0.15) is 0 Å². The van der Waals surface area contributed by atoms with Gasteiger partial charge in [-0.2, -0.15) is 0 Å². The Hall–Kier alpha value is -0.570. The van der Waals surface area contributed by atoms with Gasteiger partial charge < -0.3 is 10.2 Å². The Morgan fingerprint density at radius 1 is 1.53 bits per heavy atom. The third-order valence-corrected chi connectivity index (χ3v) is 3.49. The molecule has 1 amide bonds. The van der Waals surface area contributed by atoms with Crippen LogP contribution in [0.15, 0.2) is 0 Å². The largest absolute Gasteiger partial charge is 0.343 e. The molecule has 1 aliphatic heterocycles. The van der Waals surface area contributed by atoms with Crippen LogP contribution in [0.2, 0.25) is 0 Å². The summed E-state index contributed by atoms with van der Waals surface area (Å²) in [5.41, 5.74) is 0. The highest BCUT2D eigenvalue weighted by Gasteiger charge is 2.24. The van der Waals surface area contributed by atoms with E-state index in [2.05, 4.69) is 26.1 Å². The molecular formula is C12H24N2O. The molecular weight excluding hydrogens is 188 g/mol. The van der Waals surface area contributed by atoms with E-state index in [0.717, 1.165) is 6.54 Å². The number of piperidine rings is 1. The Labute approximate surface area is 93.2 Å². The Balaban J connectivity index is 2.42. The molecule has 1 N–H and O–H groups in total. The molecule has 0 saturated carbocycles. The molecule has 0 aromatic rings. The summed E-state index contributed by atoms with van der Waals surface area (Å²) in [4.78, 5) is 13.7. The zero-order valence-electron chi connectivity index (χ0n) is 10.4. The molecule has 1 heterocycles. The first kappa shape index (κ1) is 12.5. The van der Waals surface area contributed by atoms with Gasteiger partial charge in [-0.25, -0.2) is 0 Å². The maximum atomic E-state index is 11.9. The highest BCUT2D eigenvalue weighted by Crippen LogP contribution is 2.18. The number of nitrogens with zero attached hydrogens (tertiary/aromatic N) is 1. The summed E-state index contributed by atoms with van der Waals surface area (Å²) in [6.07, 6.45) is 3.14. The van der Waals surface area contributed by atoms with Crippen LogP contribution in [-0.4, -0.2) is 36.5 Å². The van der Waals surface area contributed by atoms with Gasteiger partial charge in [0, 0.05) is 25.6 Å². The van der Waals surface area contributed by atoms with E-state index in [1.165, 1.54) is 12.8 Å². The molecule has 1 aliphatic rings. The minimum Gasteiger partial charge on any atom is -0.343 e. The molecule has 0 aromatic carbocycles. The second-order valence-electron chi connectivity index (χ2n) is 4.98. The lowest BCUT2D eigenvalue weighted by Gasteiger charge is -2.31. The molecule has 3 nitrogen and oxygen atoms in total. The van der Waals surface area contributed by atoms with E-state index in [4.69, 9.17) is 0 Å². The lowest BCUT2D eigenvalue weighted by atomic mass is 9.90. The topological polar surface area (TPSA) is 32.3 Å². The fourth-order valence-corrected chi connectivity index (χ4v) is 2.01. The molecule has 0 aliphatic carbocycles. The summed E-state index contributed by atoms with van der Waals surface area (Å²) in [6, 6.07) is 0.684. The van der Waals surface area contributed by atoms with Gasteiger partial charge in [-0.1, -0.05) is 6.92 Å². The Morgan fingerprint density at radius 2 is 2.20 bits per heavy atom. The van der Waals surface area contributed by atoms with Gasteiger partial charge in [-0.05, 0) is 39.2 Å². The fourth-order valence-electron chi connectivity index (χ4n) is 2.01. The Bertz CT molecular complexity index is 216. The van der Waals surface area contributed by atoms with Crippen molar-refractivity contribution in [2.45, 2.75) is 52.1 Å². The number of rotatable bonds is 3. The molecule has 15 heavy (non-hydrogen) atoms. The van der Waals surface area contributed by atoms with Gasteiger partial charge in [0.25, 0.3) is 0 Å². The van der Waals surface area contributed by atoms with Gasteiger partial charge in [0.05, 0.1) is 0 Å². The smallest absolute Gasteiger partial charge is 0.224 e. The molecule has 2 unspecified atom stereocenters. The van der Waals surface area contributed by atoms with Crippen LogP contribution in [0.25, 0.3) is 0 Å². The van der Waals surface area contributed by atoms with E-state index < -0.39 is 0 Å². The minimum absolute atomic E-state index is 0.260. The molecule has 1 saturated heterocycles. The van der Waals surface area contributed by atoms with E-state index in [0.29, 0.717) is 24.4 Å². The predicted molar refractivity (Wildman–Crippen MR) is 62.7 cm³/mol. The van der Waals surface area contributed by atoms with Crippen LogP contribution < -0.4 is 5.32 Å². The Morgan fingerprint density at radius 3 is 2.73 bits per heavy atom. The maximum absolute atomic E-state index is 11.9. The van der Waals surface area contributed by atoms with Gasteiger partial charge in [-0.3, -0.25) is 4.79 Å². The van der Waals surface area contributed by atoms with Crippen LogP contribution in [0.4, 0.5) is 0 Å². The van der Waals surface area contributed by atoms with Crippen LogP contribution in [-0.2, 0) is 4.79 Å². The number of nitrogens with one attached hydrogen (secondary N) is 1. The average molecular weight is 212 g/mol. The summed E-state index contributed by atoms with van der Waals surface area (Å²) >= 11 is 0. The first-order chi connectivity index (χ1) is 7.02. The molecule has 0 aromatic heterocycles. The molecule has 1 rings (SSSR count). The van der Waals surface area contributed by atoms with Crippen molar-refractivity contribution in [2.24, 2.45) is 5.92 Å². The number of carbonyl (C=O) groups is 1. The van der Waals surface area contributed by atoms with Crippen LogP contribution in [0.5, 0.6) is 0 Å². The zero-order chi connectivity index (χ0) is 11.4. The van der Waals surface area contributed by atoms with Crippen molar-refractivity contribution < 1.29 is 4.79 Å². The molecule has 0 radical (unpaired) electrons. The maximum Gasteiger partial charge on any atom is 0.224 e. The lowest BCUT2D eigenvalue weighted by molar-refractivity contribution is -0.132. The molecule has 3 heteroatoms. The molecule has 2 atom stereocenters. The predicted octanol–water partition coefficient (Wildman–Crippen LogP) is 1.63. The fraction of sp³-hybridized carbons (Fsp3) is 0.917.